The van der Waals surface area contributed by atoms with E-state index in [4.69, 9.17) is 0 Å². The lowest BCUT2D eigenvalue weighted by atomic mass is 10.1. The molecule has 1 atom stereocenters. The maximum Gasteiger partial charge on any atom is 0.249 e. The number of fused-ring (bicyclic) bond motifs is 2. The van der Waals surface area contributed by atoms with E-state index in [0.29, 0.717) is 5.96 Å². The van der Waals surface area contributed by atoms with Crippen molar-refractivity contribution >= 4 is 33.5 Å². The zero-order chi connectivity index (χ0) is 11.3. The van der Waals surface area contributed by atoms with E-state index in [1.165, 1.54) is 0 Å². The molecule has 82 valence electrons. The number of halogens is 1. The van der Waals surface area contributed by atoms with Gasteiger partial charge in [0, 0.05) is 16.6 Å². The van der Waals surface area contributed by atoms with Crippen LogP contribution in [0.5, 0.6) is 0 Å². The predicted molar refractivity (Wildman–Crippen MR) is 64.4 cm³/mol. The van der Waals surface area contributed by atoms with Crippen molar-refractivity contribution < 1.29 is 4.79 Å². The topological polar surface area (TPSA) is 44.7 Å². The van der Waals surface area contributed by atoms with E-state index in [1.807, 2.05) is 30.0 Å². The SMILES string of the molecule is CC1C(=O)NC2=Nc3cccc(Br)c3CN21. The Morgan fingerprint density at radius 2 is 2.38 bits per heavy atom. The van der Waals surface area contributed by atoms with E-state index in [-0.39, 0.29) is 11.9 Å². The minimum Gasteiger partial charge on any atom is -0.326 e. The first-order chi connectivity index (χ1) is 7.66. The Kier molecular flexibility index (Phi) is 2.04. The number of guanidine groups is 1. The lowest BCUT2D eigenvalue weighted by Crippen LogP contribution is -2.35. The molecule has 1 amide bonds. The number of carbonyl (C=O) groups excluding carboxylic acids is 1. The minimum atomic E-state index is -0.140. The highest BCUT2D eigenvalue weighted by atomic mass is 79.9. The molecule has 1 fully saturated rings. The van der Waals surface area contributed by atoms with Crippen LogP contribution in [0.1, 0.15) is 12.5 Å². The molecule has 4 nitrogen and oxygen atoms in total. The van der Waals surface area contributed by atoms with Crippen molar-refractivity contribution in [3.8, 4) is 0 Å². The summed E-state index contributed by atoms with van der Waals surface area (Å²) in [6, 6.07) is 5.76. The van der Waals surface area contributed by atoms with Crippen LogP contribution in [0.15, 0.2) is 27.7 Å². The smallest absolute Gasteiger partial charge is 0.249 e. The molecule has 0 radical (unpaired) electrons. The molecular weight excluding hydrogens is 270 g/mol. The van der Waals surface area contributed by atoms with Gasteiger partial charge in [-0.15, -0.1) is 0 Å². The Hall–Kier alpha value is -1.36. The monoisotopic (exact) mass is 279 g/mol. The number of benzene rings is 1. The summed E-state index contributed by atoms with van der Waals surface area (Å²) in [5, 5.41) is 2.79. The maximum atomic E-state index is 11.5. The largest absolute Gasteiger partial charge is 0.326 e. The average Bonchev–Trinajstić information content (AvgIpc) is 2.53. The van der Waals surface area contributed by atoms with Gasteiger partial charge in [0.1, 0.15) is 6.04 Å². The lowest BCUT2D eigenvalue weighted by Gasteiger charge is -2.26. The van der Waals surface area contributed by atoms with Crippen molar-refractivity contribution in [2.24, 2.45) is 4.99 Å². The van der Waals surface area contributed by atoms with Crippen molar-refractivity contribution in [3.63, 3.8) is 0 Å². The third-order valence-electron chi connectivity index (χ3n) is 3.00. The summed E-state index contributed by atoms with van der Waals surface area (Å²) in [5.74, 6) is 0.686. The van der Waals surface area contributed by atoms with Crippen molar-refractivity contribution in [1.29, 1.82) is 0 Å². The van der Waals surface area contributed by atoms with Crippen LogP contribution < -0.4 is 5.32 Å². The highest BCUT2D eigenvalue weighted by molar-refractivity contribution is 9.10. The number of hydrogen-bond acceptors (Lipinski definition) is 3. The Bertz CT molecular complexity index is 512. The van der Waals surface area contributed by atoms with Gasteiger partial charge in [0.15, 0.2) is 0 Å². The molecule has 5 heteroatoms. The summed E-state index contributed by atoms with van der Waals surface area (Å²) in [6.45, 7) is 2.61. The third kappa shape index (κ3) is 1.28. The maximum absolute atomic E-state index is 11.5. The summed E-state index contributed by atoms with van der Waals surface area (Å²) < 4.78 is 1.04. The van der Waals surface area contributed by atoms with Gasteiger partial charge in [-0.1, -0.05) is 22.0 Å². The Balaban J connectivity index is 2.11. The molecule has 0 bridgehead atoms. The summed E-state index contributed by atoms with van der Waals surface area (Å²) in [7, 11) is 0. The zero-order valence-electron chi connectivity index (χ0n) is 8.70. The second-order valence-corrected chi connectivity index (χ2v) is 4.82. The van der Waals surface area contributed by atoms with Gasteiger partial charge in [0.25, 0.3) is 0 Å². The minimum absolute atomic E-state index is 0.0164. The van der Waals surface area contributed by atoms with Crippen LogP contribution in [-0.4, -0.2) is 22.8 Å². The van der Waals surface area contributed by atoms with Gasteiger partial charge in [-0.25, -0.2) is 4.99 Å². The van der Waals surface area contributed by atoms with Gasteiger partial charge in [0.05, 0.1) is 5.69 Å². The van der Waals surface area contributed by atoms with Gasteiger partial charge in [-0.05, 0) is 19.1 Å². The molecule has 2 heterocycles. The molecule has 1 saturated heterocycles. The van der Waals surface area contributed by atoms with Crippen LogP contribution in [0.3, 0.4) is 0 Å². The van der Waals surface area contributed by atoms with E-state index < -0.39 is 0 Å². The van der Waals surface area contributed by atoms with E-state index >= 15 is 0 Å². The Morgan fingerprint density at radius 3 is 3.19 bits per heavy atom. The number of nitrogens with one attached hydrogen (secondary N) is 1. The quantitative estimate of drug-likeness (QED) is 0.787. The fourth-order valence-electron chi connectivity index (χ4n) is 2.01. The Morgan fingerprint density at radius 1 is 1.56 bits per heavy atom. The normalized spacial score (nSPS) is 22.4. The molecule has 3 rings (SSSR count). The van der Waals surface area contributed by atoms with E-state index in [0.717, 1.165) is 22.3 Å². The molecule has 1 aromatic rings. The van der Waals surface area contributed by atoms with E-state index in [2.05, 4.69) is 26.2 Å². The number of carbonyl (C=O) groups is 1. The summed E-state index contributed by atoms with van der Waals surface area (Å²) in [6.07, 6.45) is 0. The van der Waals surface area contributed by atoms with Gasteiger partial charge >= 0.3 is 0 Å². The molecular formula is C11H10BrN3O. The average molecular weight is 280 g/mol. The first-order valence-electron chi connectivity index (χ1n) is 5.10. The zero-order valence-corrected chi connectivity index (χ0v) is 10.3. The number of hydrogen-bond donors (Lipinski definition) is 1. The number of nitrogens with zero attached hydrogens (tertiary/aromatic N) is 2. The fourth-order valence-corrected chi connectivity index (χ4v) is 2.49. The summed E-state index contributed by atoms with van der Waals surface area (Å²) in [5.41, 5.74) is 2.06. The van der Waals surface area contributed by atoms with Gasteiger partial charge < -0.3 is 4.90 Å². The van der Waals surface area contributed by atoms with Gasteiger partial charge in [0.2, 0.25) is 11.9 Å². The van der Waals surface area contributed by atoms with Gasteiger partial charge in [-0.3, -0.25) is 10.1 Å². The number of rotatable bonds is 0. The lowest BCUT2D eigenvalue weighted by molar-refractivity contribution is -0.121. The highest BCUT2D eigenvalue weighted by Gasteiger charge is 2.36. The van der Waals surface area contributed by atoms with Crippen molar-refractivity contribution in [2.45, 2.75) is 19.5 Å². The molecule has 2 aliphatic rings. The first kappa shape index (κ1) is 9.84. The molecule has 0 aromatic heterocycles. The highest BCUT2D eigenvalue weighted by Crippen LogP contribution is 2.33. The van der Waals surface area contributed by atoms with Crippen molar-refractivity contribution in [2.75, 3.05) is 0 Å². The summed E-state index contributed by atoms with van der Waals surface area (Å²) >= 11 is 3.51. The third-order valence-corrected chi connectivity index (χ3v) is 3.75. The molecule has 1 N–H and O–H groups in total. The molecule has 16 heavy (non-hydrogen) atoms. The van der Waals surface area contributed by atoms with E-state index in [9.17, 15) is 4.79 Å². The molecule has 0 saturated carbocycles. The molecule has 0 aliphatic carbocycles. The van der Waals surface area contributed by atoms with E-state index in [1.54, 1.807) is 0 Å². The standard InChI is InChI=1S/C11H10BrN3O/c1-6-10(16)14-11-13-9-4-2-3-8(12)7(9)5-15(6)11/h2-4,6H,5H2,1H3,(H,13,14,16). The van der Waals surface area contributed by atoms with Crippen molar-refractivity contribution in [3.05, 3.63) is 28.2 Å². The van der Waals surface area contributed by atoms with Crippen LogP contribution in [0.25, 0.3) is 0 Å². The number of aliphatic imine (C=N–C) groups is 1. The first-order valence-corrected chi connectivity index (χ1v) is 5.89. The van der Waals surface area contributed by atoms with Crippen LogP contribution in [0, 0.1) is 0 Å². The van der Waals surface area contributed by atoms with Crippen molar-refractivity contribution in [1.82, 2.24) is 10.2 Å². The van der Waals surface area contributed by atoms with Crippen LogP contribution >= 0.6 is 15.9 Å². The number of amides is 1. The molecule has 1 unspecified atom stereocenters. The molecule has 1 aromatic carbocycles. The van der Waals surface area contributed by atoms with Crippen LogP contribution in [-0.2, 0) is 11.3 Å². The molecule has 2 aliphatic heterocycles. The fraction of sp³-hybridized carbons (Fsp3) is 0.273. The Labute approximate surface area is 101 Å². The molecule has 0 spiro atoms. The summed E-state index contributed by atoms with van der Waals surface area (Å²) in [4.78, 5) is 18.0. The van der Waals surface area contributed by atoms with Crippen LogP contribution in [0.4, 0.5) is 5.69 Å². The predicted octanol–water partition coefficient (Wildman–Crippen LogP) is 1.77. The van der Waals surface area contributed by atoms with Crippen LogP contribution in [0.2, 0.25) is 0 Å². The van der Waals surface area contributed by atoms with Gasteiger partial charge in [-0.2, -0.15) is 0 Å². The second kappa shape index (κ2) is 3.31. The second-order valence-electron chi connectivity index (χ2n) is 3.97.